The zero-order valence-electron chi connectivity index (χ0n) is 14.4. The molecule has 1 aromatic rings. The van der Waals surface area contributed by atoms with Crippen LogP contribution in [0.2, 0.25) is 0 Å². The Kier molecular flexibility index (Phi) is 7.68. The number of amides is 2. The van der Waals surface area contributed by atoms with Crippen molar-refractivity contribution in [3.05, 3.63) is 35.6 Å². The molecule has 0 bridgehead atoms. The SMILES string of the molecule is CCN(CC)C(=O)CN(C)CC(=O)N(C)Cc1ccc(F)cc1. The van der Waals surface area contributed by atoms with Crippen LogP contribution in [0.1, 0.15) is 19.4 Å². The molecule has 0 spiro atoms. The fourth-order valence-corrected chi connectivity index (χ4v) is 2.27. The fraction of sp³-hybridized carbons (Fsp3) is 0.529. The molecule has 5 nitrogen and oxygen atoms in total. The van der Waals surface area contributed by atoms with Crippen LogP contribution in [-0.2, 0) is 16.1 Å². The predicted molar refractivity (Wildman–Crippen MR) is 88.3 cm³/mol. The molecule has 6 heteroatoms. The Balaban J connectivity index is 2.47. The zero-order chi connectivity index (χ0) is 17.4. The minimum absolute atomic E-state index is 0.0199. The summed E-state index contributed by atoms with van der Waals surface area (Å²) < 4.78 is 12.9. The highest BCUT2D eigenvalue weighted by Crippen LogP contribution is 2.06. The van der Waals surface area contributed by atoms with Gasteiger partial charge in [0.05, 0.1) is 13.1 Å². The molecule has 0 fully saturated rings. The first-order valence-electron chi connectivity index (χ1n) is 7.82. The van der Waals surface area contributed by atoms with Crippen LogP contribution in [0.25, 0.3) is 0 Å². The van der Waals surface area contributed by atoms with E-state index in [-0.39, 0.29) is 30.7 Å². The first-order valence-corrected chi connectivity index (χ1v) is 7.82. The third-order valence-corrected chi connectivity index (χ3v) is 3.69. The number of carbonyl (C=O) groups is 2. The highest BCUT2D eigenvalue weighted by atomic mass is 19.1. The molecule has 0 saturated carbocycles. The van der Waals surface area contributed by atoms with E-state index in [1.807, 2.05) is 13.8 Å². The highest BCUT2D eigenvalue weighted by molar-refractivity contribution is 5.81. The van der Waals surface area contributed by atoms with Crippen molar-refractivity contribution in [3.8, 4) is 0 Å². The van der Waals surface area contributed by atoms with Gasteiger partial charge in [0, 0.05) is 26.7 Å². The van der Waals surface area contributed by atoms with E-state index in [9.17, 15) is 14.0 Å². The Bertz CT molecular complexity index is 515. The van der Waals surface area contributed by atoms with Crippen LogP contribution >= 0.6 is 0 Å². The van der Waals surface area contributed by atoms with E-state index in [4.69, 9.17) is 0 Å². The molecule has 23 heavy (non-hydrogen) atoms. The van der Waals surface area contributed by atoms with Gasteiger partial charge in [-0.05, 0) is 38.6 Å². The van der Waals surface area contributed by atoms with Crippen molar-refractivity contribution in [2.45, 2.75) is 20.4 Å². The van der Waals surface area contributed by atoms with Gasteiger partial charge in [-0.25, -0.2) is 4.39 Å². The second-order valence-corrected chi connectivity index (χ2v) is 5.61. The van der Waals surface area contributed by atoms with Crippen molar-refractivity contribution in [1.82, 2.24) is 14.7 Å². The average Bonchev–Trinajstić information content (AvgIpc) is 2.50. The van der Waals surface area contributed by atoms with E-state index in [1.54, 1.807) is 40.9 Å². The lowest BCUT2D eigenvalue weighted by Gasteiger charge is -2.24. The van der Waals surface area contributed by atoms with Crippen LogP contribution in [0.3, 0.4) is 0 Å². The predicted octanol–water partition coefficient (Wildman–Crippen LogP) is 1.58. The average molecular weight is 323 g/mol. The highest BCUT2D eigenvalue weighted by Gasteiger charge is 2.16. The quantitative estimate of drug-likeness (QED) is 0.730. The maximum absolute atomic E-state index is 12.9. The third-order valence-electron chi connectivity index (χ3n) is 3.69. The summed E-state index contributed by atoms with van der Waals surface area (Å²) in [5, 5.41) is 0. The van der Waals surface area contributed by atoms with Gasteiger partial charge in [-0.3, -0.25) is 14.5 Å². The number of hydrogen-bond donors (Lipinski definition) is 0. The van der Waals surface area contributed by atoms with Crippen molar-refractivity contribution < 1.29 is 14.0 Å². The first-order chi connectivity index (χ1) is 10.9. The molecule has 0 unspecified atom stereocenters. The van der Waals surface area contributed by atoms with Gasteiger partial charge in [0.15, 0.2) is 0 Å². The maximum atomic E-state index is 12.9. The maximum Gasteiger partial charge on any atom is 0.236 e. The van der Waals surface area contributed by atoms with E-state index in [0.717, 1.165) is 5.56 Å². The van der Waals surface area contributed by atoms with Crippen LogP contribution in [0.5, 0.6) is 0 Å². The summed E-state index contributed by atoms with van der Waals surface area (Å²) in [5.74, 6) is -0.354. The van der Waals surface area contributed by atoms with E-state index in [1.165, 1.54) is 12.1 Å². The van der Waals surface area contributed by atoms with Crippen molar-refractivity contribution in [2.24, 2.45) is 0 Å². The van der Waals surface area contributed by atoms with Crippen LogP contribution < -0.4 is 0 Å². The molecule has 1 aromatic carbocycles. The van der Waals surface area contributed by atoms with E-state index >= 15 is 0 Å². The lowest BCUT2D eigenvalue weighted by molar-refractivity contribution is -0.134. The second kappa shape index (κ2) is 9.25. The van der Waals surface area contributed by atoms with Crippen LogP contribution in [0.15, 0.2) is 24.3 Å². The molecule has 1 rings (SSSR count). The third kappa shape index (κ3) is 6.36. The monoisotopic (exact) mass is 323 g/mol. The topological polar surface area (TPSA) is 43.9 Å². The summed E-state index contributed by atoms with van der Waals surface area (Å²) in [5.41, 5.74) is 0.865. The molecular weight excluding hydrogens is 297 g/mol. The summed E-state index contributed by atoms with van der Waals surface area (Å²) in [6.45, 7) is 6.01. The van der Waals surface area contributed by atoms with Crippen LogP contribution in [-0.4, -0.2) is 66.8 Å². The van der Waals surface area contributed by atoms with Gasteiger partial charge >= 0.3 is 0 Å². The smallest absolute Gasteiger partial charge is 0.236 e. The second-order valence-electron chi connectivity index (χ2n) is 5.61. The Morgan fingerprint density at radius 1 is 0.957 bits per heavy atom. The lowest BCUT2D eigenvalue weighted by Crippen LogP contribution is -2.42. The molecule has 128 valence electrons. The van der Waals surface area contributed by atoms with E-state index in [2.05, 4.69) is 0 Å². The van der Waals surface area contributed by atoms with Gasteiger partial charge in [-0.1, -0.05) is 12.1 Å². The zero-order valence-corrected chi connectivity index (χ0v) is 14.4. The van der Waals surface area contributed by atoms with Gasteiger partial charge in [0.25, 0.3) is 0 Å². The molecule has 0 aliphatic heterocycles. The van der Waals surface area contributed by atoms with Crippen LogP contribution in [0.4, 0.5) is 4.39 Å². The first kappa shape index (κ1) is 19.1. The number of carbonyl (C=O) groups excluding carboxylic acids is 2. The van der Waals surface area contributed by atoms with Crippen molar-refractivity contribution >= 4 is 11.8 Å². The molecule has 0 aliphatic rings. The van der Waals surface area contributed by atoms with Gasteiger partial charge < -0.3 is 9.80 Å². The van der Waals surface area contributed by atoms with Crippen molar-refractivity contribution in [1.29, 1.82) is 0 Å². The number of nitrogens with zero attached hydrogens (tertiary/aromatic N) is 3. The van der Waals surface area contributed by atoms with Gasteiger partial charge in [-0.2, -0.15) is 0 Å². The summed E-state index contributed by atoms with van der Waals surface area (Å²) in [6.07, 6.45) is 0. The van der Waals surface area contributed by atoms with Crippen molar-refractivity contribution in [2.75, 3.05) is 40.3 Å². The largest absolute Gasteiger partial charge is 0.342 e. The normalized spacial score (nSPS) is 10.7. The summed E-state index contributed by atoms with van der Waals surface area (Å²) >= 11 is 0. The molecule has 0 saturated heterocycles. The lowest BCUT2D eigenvalue weighted by atomic mass is 10.2. The number of halogens is 1. The number of rotatable bonds is 8. The summed E-state index contributed by atoms with van der Waals surface area (Å²) in [4.78, 5) is 29.2. The molecule has 0 radical (unpaired) electrons. The molecule has 0 N–H and O–H groups in total. The molecule has 0 aromatic heterocycles. The molecule has 0 atom stereocenters. The molecular formula is C17H26FN3O2. The molecule has 0 aliphatic carbocycles. The summed E-state index contributed by atoms with van der Waals surface area (Å²) in [6, 6.07) is 6.07. The minimum atomic E-state index is -0.294. The number of likely N-dealkylation sites (N-methyl/N-ethyl adjacent to an activating group) is 3. The Hall–Kier alpha value is -1.95. The van der Waals surface area contributed by atoms with Gasteiger partial charge in [-0.15, -0.1) is 0 Å². The van der Waals surface area contributed by atoms with Gasteiger partial charge in [0.1, 0.15) is 5.82 Å². The summed E-state index contributed by atoms with van der Waals surface area (Å²) in [7, 11) is 3.46. The van der Waals surface area contributed by atoms with Crippen molar-refractivity contribution in [3.63, 3.8) is 0 Å². The Labute approximate surface area is 137 Å². The van der Waals surface area contributed by atoms with E-state index < -0.39 is 0 Å². The number of benzene rings is 1. The molecule has 0 heterocycles. The fourth-order valence-electron chi connectivity index (χ4n) is 2.27. The number of hydrogen-bond acceptors (Lipinski definition) is 3. The standard InChI is InChI=1S/C17H26FN3O2/c1-5-21(6-2)17(23)13-19(3)12-16(22)20(4)11-14-7-9-15(18)10-8-14/h7-10H,5-6,11-13H2,1-4H3. The minimum Gasteiger partial charge on any atom is -0.342 e. The Morgan fingerprint density at radius 3 is 2.00 bits per heavy atom. The van der Waals surface area contributed by atoms with E-state index in [0.29, 0.717) is 19.6 Å². The van der Waals surface area contributed by atoms with Gasteiger partial charge in [0.2, 0.25) is 11.8 Å². The molecule has 2 amide bonds. The Morgan fingerprint density at radius 2 is 1.48 bits per heavy atom. The van der Waals surface area contributed by atoms with Crippen LogP contribution in [0, 0.1) is 5.82 Å².